The number of aromatic nitrogens is 1. The summed E-state index contributed by atoms with van der Waals surface area (Å²) < 4.78 is 11.1. The van der Waals surface area contributed by atoms with Gasteiger partial charge in [0.05, 0.1) is 18.4 Å². The topological polar surface area (TPSA) is 92.9 Å². The quantitative estimate of drug-likeness (QED) is 0.321. The van der Waals surface area contributed by atoms with Gasteiger partial charge in [-0.25, -0.2) is 0 Å². The van der Waals surface area contributed by atoms with Crippen LogP contribution in [0.3, 0.4) is 0 Å². The average Bonchev–Trinajstić information content (AvgIpc) is 3.39. The van der Waals surface area contributed by atoms with Gasteiger partial charge in [-0.3, -0.25) is 19.5 Å². The summed E-state index contributed by atoms with van der Waals surface area (Å²) in [5, 5.41) is 12.3. The number of carbonyl (C=O) groups is 2. The van der Waals surface area contributed by atoms with E-state index in [0.29, 0.717) is 43.7 Å². The van der Waals surface area contributed by atoms with E-state index in [9.17, 15) is 14.7 Å². The second-order valence-electron chi connectivity index (χ2n) is 7.94. The number of fused-ring (bicyclic) bond motifs is 1. The molecule has 5 rings (SSSR count). The molecule has 2 aromatic heterocycles. The lowest BCUT2D eigenvalue weighted by molar-refractivity contribution is -0.117. The predicted molar refractivity (Wildman–Crippen MR) is 132 cm³/mol. The number of benzene rings is 2. The van der Waals surface area contributed by atoms with Crippen molar-refractivity contribution < 1.29 is 23.8 Å². The summed E-state index contributed by atoms with van der Waals surface area (Å²) in [6.45, 7) is 1.76. The number of rotatable bonds is 5. The number of halogens is 2. The van der Waals surface area contributed by atoms with E-state index in [1.807, 2.05) is 0 Å². The molecule has 3 heterocycles. The van der Waals surface area contributed by atoms with Crippen molar-refractivity contribution in [1.29, 1.82) is 0 Å². The molecule has 1 unspecified atom stereocenters. The Balaban J connectivity index is 1.68. The summed E-state index contributed by atoms with van der Waals surface area (Å²) >= 11 is 12.5. The summed E-state index contributed by atoms with van der Waals surface area (Å²) in [7, 11) is 1.46. The van der Waals surface area contributed by atoms with Crippen molar-refractivity contribution in [3.63, 3.8) is 0 Å². The zero-order valence-corrected chi connectivity index (χ0v) is 20.1. The maximum Gasteiger partial charge on any atom is 0.294 e. The Morgan fingerprint density at radius 1 is 1.14 bits per heavy atom. The van der Waals surface area contributed by atoms with Gasteiger partial charge in [0.25, 0.3) is 5.91 Å². The highest BCUT2D eigenvalue weighted by atomic mass is 35.5. The smallest absolute Gasteiger partial charge is 0.294 e. The molecule has 0 aliphatic carbocycles. The number of amides is 1. The van der Waals surface area contributed by atoms with Gasteiger partial charge in [0, 0.05) is 33.4 Å². The van der Waals surface area contributed by atoms with Crippen LogP contribution in [0.5, 0.6) is 5.75 Å². The molecule has 176 valence electrons. The van der Waals surface area contributed by atoms with E-state index in [2.05, 4.69) is 4.98 Å². The number of Topliss-reactive ketones (excluding diaryl/α,β-unsaturated/α-hetero) is 1. The Hall–Kier alpha value is -3.81. The average molecular weight is 509 g/mol. The lowest BCUT2D eigenvalue weighted by Crippen LogP contribution is -2.32. The molecule has 0 saturated heterocycles. The van der Waals surface area contributed by atoms with Gasteiger partial charge in [0.1, 0.15) is 6.04 Å². The molecule has 0 fully saturated rings. The highest BCUT2D eigenvalue weighted by Gasteiger charge is 2.46. The number of aliphatic hydroxyl groups is 1. The van der Waals surface area contributed by atoms with Crippen LogP contribution in [0.2, 0.25) is 10.0 Å². The second-order valence-corrected chi connectivity index (χ2v) is 8.79. The van der Waals surface area contributed by atoms with Gasteiger partial charge < -0.3 is 14.3 Å². The highest BCUT2D eigenvalue weighted by Crippen LogP contribution is 2.44. The first-order chi connectivity index (χ1) is 16.8. The van der Waals surface area contributed by atoms with Crippen LogP contribution in [-0.4, -0.2) is 28.9 Å². The highest BCUT2D eigenvalue weighted by molar-refractivity contribution is 6.32. The van der Waals surface area contributed by atoms with Crippen molar-refractivity contribution in [3.8, 4) is 5.75 Å². The molecule has 0 saturated carbocycles. The lowest BCUT2D eigenvalue weighted by atomic mass is 9.97. The molecular formula is C26H18Cl2N2O5. The van der Waals surface area contributed by atoms with Crippen LogP contribution < -0.4 is 9.64 Å². The molecule has 9 heteroatoms. The molecule has 7 nitrogen and oxygen atoms in total. The van der Waals surface area contributed by atoms with E-state index >= 15 is 0 Å². The summed E-state index contributed by atoms with van der Waals surface area (Å²) in [6, 6.07) is 13.9. The Kier molecular flexibility index (Phi) is 5.75. The number of ether oxygens (including phenoxy) is 1. The maximum absolute atomic E-state index is 13.8. The Labute approximate surface area is 210 Å². The number of nitrogens with zero attached hydrogens (tertiary/aromatic N) is 2. The van der Waals surface area contributed by atoms with Crippen LogP contribution >= 0.6 is 23.2 Å². The van der Waals surface area contributed by atoms with Gasteiger partial charge in [-0.05, 0) is 48.9 Å². The van der Waals surface area contributed by atoms with Crippen molar-refractivity contribution >= 4 is 51.5 Å². The van der Waals surface area contributed by atoms with E-state index in [0.717, 1.165) is 0 Å². The second kappa shape index (κ2) is 8.76. The first-order valence-corrected chi connectivity index (χ1v) is 11.3. The molecule has 2 aromatic carbocycles. The summed E-state index contributed by atoms with van der Waals surface area (Å²) in [6.07, 6.45) is 1.55. The molecule has 0 bridgehead atoms. The molecule has 1 amide bonds. The van der Waals surface area contributed by atoms with Crippen LogP contribution in [0.4, 0.5) is 5.69 Å². The first kappa shape index (κ1) is 23.0. The number of methoxy groups -OCH3 is 1. The largest absolute Gasteiger partial charge is 0.503 e. The zero-order valence-electron chi connectivity index (χ0n) is 18.6. The van der Waals surface area contributed by atoms with E-state index in [4.69, 9.17) is 32.4 Å². The van der Waals surface area contributed by atoms with E-state index < -0.39 is 23.5 Å². The van der Waals surface area contributed by atoms with Crippen LogP contribution in [0.1, 0.15) is 27.9 Å². The van der Waals surface area contributed by atoms with Crippen molar-refractivity contribution in [2.24, 2.45) is 0 Å². The van der Waals surface area contributed by atoms with Gasteiger partial charge in [-0.15, -0.1) is 0 Å². The number of hydrogen-bond acceptors (Lipinski definition) is 6. The maximum atomic E-state index is 13.8. The van der Waals surface area contributed by atoms with Gasteiger partial charge in [0.15, 0.2) is 22.9 Å². The predicted octanol–water partition coefficient (Wildman–Crippen LogP) is 6.23. The van der Waals surface area contributed by atoms with Crippen molar-refractivity contribution in [1.82, 2.24) is 4.98 Å². The Morgan fingerprint density at radius 3 is 2.66 bits per heavy atom. The van der Waals surface area contributed by atoms with Gasteiger partial charge in [-0.1, -0.05) is 35.3 Å². The molecule has 35 heavy (non-hydrogen) atoms. The van der Waals surface area contributed by atoms with Gasteiger partial charge in [-0.2, -0.15) is 0 Å². The number of hydrogen-bond donors (Lipinski definition) is 1. The molecule has 1 aliphatic rings. The Bertz CT molecular complexity index is 1530. The van der Waals surface area contributed by atoms with E-state index in [1.165, 1.54) is 18.1 Å². The number of anilines is 1. The standard InChI is InChI=1S/C26H18Cl2N2O5/c1-13-16(28)6-5-8-18(13)30-22(17-7-3-4-9-29-17)21(24(32)26(30)33)23(31)19-11-14-10-15(27)12-20(34-2)25(14)35-19/h3-12,22,32H,1-2H3. The van der Waals surface area contributed by atoms with Crippen LogP contribution in [0, 0.1) is 6.92 Å². The molecule has 1 N–H and O–H groups in total. The normalized spacial score (nSPS) is 15.8. The number of ketones is 1. The van der Waals surface area contributed by atoms with Gasteiger partial charge >= 0.3 is 0 Å². The monoisotopic (exact) mass is 508 g/mol. The minimum atomic E-state index is -1.01. The third-order valence-corrected chi connectivity index (χ3v) is 6.54. The third kappa shape index (κ3) is 3.73. The first-order valence-electron chi connectivity index (χ1n) is 10.6. The fourth-order valence-electron chi connectivity index (χ4n) is 4.24. The zero-order chi connectivity index (χ0) is 24.9. The van der Waals surface area contributed by atoms with Crippen LogP contribution in [0.25, 0.3) is 11.0 Å². The molecular weight excluding hydrogens is 491 g/mol. The summed E-state index contributed by atoms with van der Waals surface area (Å²) in [5.74, 6) is -1.82. The number of carbonyl (C=O) groups excluding carboxylic acids is 2. The van der Waals surface area contributed by atoms with Crippen LogP contribution in [0.15, 0.2) is 76.5 Å². The fraction of sp³-hybridized carbons (Fsp3) is 0.115. The molecule has 0 radical (unpaired) electrons. The lowest BCUT2D eigenvalue weighted by Gasteiger charge is -2.27. The fourth-order valence-corrected chi connectivity index (χ4v) is 4.63. The number of furan rings is 1. The number of pyridine rings is 1. The van der Waals surface area contributed by atoms with Crippen molar-refractivity contribution in [2.45, 2.75) is 13.0 Å². The van der Waals surface area contributed by atoms with Gasteiger partial charge in [0.2, 0.25) is 5.78 Å². The minimum Gasteiger partial charge on any atom is -0.503 e. The summed E-state index contributed by atoms with van der Waals surface area (Å²) in [5.41, 5.74) is 1.63. The number of aliphatic hydroxyl groups excluding tert-OH is 1. The molecule has 1 aliphatic heterocycles. The minimum absolute atomic E-state index is 0.0829. The van der Waals surface area contributed by atoms with Crippen molar-refractivity contribution in [3.05, 3.63) is 99.2 Å². The van der Waals surface area contributed by atoms with Crippen molar-refractivity contribution in [2.75, 3.05) is 12.0 Å². The summed E-state index contributed by atoms with van der Waals surface area (Å²) in [4.78, 5) is 32.8. The van der Waals surface area contributed by atoms with E-state index in [1.54, 1.807) is 61.7 Å². The van der Waals surface area contributed by atoms with Crippen LogP contribution in [-0.2, 0) is 4.79 Å². The van der Waals surface area contributed by atoms with E-state index in [-0.39, 0.29) is 11.3 Å². The molecule has 1 atom stereocenters. The Morgan fingerprint density at radius 2 is 1.94 bits per heavy atom. The molecule has 0 spiro atoms. The molecule has 4 aromatic rings. The SMILES string of the molecule is COc1cc(Cl)cc2cc(C(=O)C3=C(O)C(=O)N(c4cccc(Cl)c4C)C3c3ccccn3)oc12. The third-order valence-electron chi connectivity index (χ3n) is 5.91.